The molecule has 3 aromatic carbocycles. The van der Waals surface area contributed by atoms with E-state index in [1.165, 1.54) is 11.1 Å². The Morgan fingerprint density at radius 1 is 1.00 bits per heavy atom. The van der Waals surface area contributed by atoms with Gasteiger partial charge in [-0.05, 0) is 60.6 Å². The highest BCUT2D eigenvalue weighted by atomic mass is 32.2. The summed E-state index contributed by atoms with van der Waals surface area (Å²) in [7, 11) is 0. The lowest BCUT2D eigenvalue weighted by Gasteiger charge is -2.37. The monoisotopic (exact) mass is 497 g/mol. The number of nitrogens with one attached hydrogen (secondary N) is 1. The highest BCUT2D eigenvalue weighted by Crippen LogP contribution is 2.43. The molecule has 0 radical (unpaired) electrons. The molecule has 182 valence electrons. The topological polar surface area (TPSA) is 69.7 Å². The van der Waals surface area contributed by atoms with Crippen molar-refractivity contribution in [2.75, 3.05) is 17.2 Å². The SMILES string of the molecule is CC1(c2ccc3c(c2)CCC3)NC(=O)N(CC(=O)N2c3ccccc3SCC2c2ccccc2)C1=O. The fraction of sp³-hybridized carbons (Fsp3) is 0.276. The van der Waals surface area contributed by atoms with E-state index < -0.39 is 17.5 Å². The number of hydrogen-bond acceptors (Lipinski definition) is 4. The van der Waals surface area contributed by atoms with Gasteiger partial charge in [0.25, 0.3) is 5.91 Å². The third kappa shape index (κ3) is 3.69. The van der Waals surface area contributed by atoms with E-state index in [1.54, 1.807) is 23.6 Å². The largest absolute Gasteiger partial charge is 0.325 e. The highest BCUT2D eigenvalue weighted by molar-refractivity contribution is 7.99. The summed E-state index contributed by atoms with van der Waals surface area (Å²) in [6.45, 7) is 1.42. The molecule has 2 aliphatic heterocycles. The molecule has 1 saturated heterocycles. The molecule has 2 atom stereocenters. The Balaban J connectivity index is 1.30. The number of imide groups is 1. The fourth-order valence-electron chi connectivity index (χ4n) is 5.55. The van der Waals surface area contributed by atoms with Gasteiger partial charge in [0.1, 0.15) is 12.1 Å². The minimum absolute atomic E-state index is 0.192. The van der Waals surface area contributed by atoms with Crippen molar-refractivity contribution < 1.29 is 14.4 Å². The van der Waals surface area contributed by atoms with E-state index in [0.29, 0.717) is 5.75 Å². The van der Waals surface area contributed by atoms with Gasteiger partial charge in [-0.25, -0.2) is 4.79 Å². The molecule has 2 heterocycles. The number of anilines is 1. The van der Waals surface area contributed by atoms with Crippen LogP contribution in [0.25, 0.3) is 0 Å². The first-order chi connectivity index (χ1) is 17.5. The van der Waals surface area contributed by atoms with Crippen molar-refractivity contribution in [3.63, 3.8) is 0 Å². The number of para-hydroxylation sites is 1. The molecule has 3 aliphatic rings. The number of fused-ring (bicyclic) bond motifs is 2. The van der Waals surface area contributed by atoms with Crippen molar-refractivity contribution in [2.45, 2.75) is 42.7 Å². The second-order valence-electron chi connectivity index (χ2n) is 9.75. The summed E-state index contributed by atoms with van der Waals surface area (Å²) in [5.74, 6) is 0.0211. The number of aryl methyl sites for hydroxylation is 2. The van der Waals surface area contributed by atoms with Crippen LogP contribution in [0.15, 0.2) is 77.7 Å². The van der Waals surface area contributed by atoms with Crippen molar-refractivity contribution in [1.29, 1.82) is 0 Å². The molecule has 1 N–H and O–H groups in total. The van der Waals surface area contributed by atoms with Gasteiger partial charge in [-0.1, -0.05) is 60.7 Å². The van der Waals surface area contributed by atoms with E-state index in [1.807, 2.05) is 66.7 Å². The maximum atomic E-state index is 13.8. The van der Waals surface area contributed by atoms with Crippen LogP contribution < -0.4 is 10.2 Å². The lowest BCUT2D eigenvalue weighted by Crippen LogP contribution is -2.47. The van der Waals surface area contributed by atoms with Crippen LogP contribution >= 0.6 is 11.8 Å². The molecule has 1 fully saturated rings. The zero-order valence-corrected chi connectivity index (χ0v) is 20.9. The van der Waals surface area contributed by atoms with E-state index in [9.17, 15) is 14.4 Å². The normalized spacial score (nSPS) is 22.9. The Bertz CT molecular complexity index is 1380. The fourth-order valence-corrected chi connectivity index (χ4v) is 6.72. The summed E-state index contributed by atoms with van der Waals surface area (Å²) >= 11 is 1.71. The number of amides is 4. The summed E-state index contributed by atoms with van der Waals surface area (Å²) in [4.78, 5) is 44.3. The van der Waals surface area contributed by atoms with Gasteiger partial charge in [0.15, 0.2) is 0 Å². The van der Waals surface area contributed by atoms with E-state index in [4.69, 9.17) is 0 Å². The number of benzene rings is 3. The standard InChI is InChI=1S/C29H27N3O3S/c1-29(22-15-14-19-10-7-11-21(19)16-22)27(34)31(28(35)30-29)17-26(33)32-23-12-5-6-13-25(23)36-18-24(32)20-8-3-2-4-9-20/h2-6,8-9,12-16,24H,7,10-11,17-18H2,1H3,(H,30,35). The Morgan fingerprint density at radius 3 is 2.58 bits per heavy atom. The predicted octanol–water partition coefficient (Wildman–Crippen LogP) is 4.82. The minimum atomic E-state index is -1.19. The number of carbonyl (C=O) groups excluding carboxylic acids is 3. The Hall–Kier alpha value is -3.58. The van der Waals surface area contributed by atoms with E-state index in [-0.39, 0.29) is 18.5 Å². The van der Waals surface area contributed by atoms with Gasteiger partial charge in [-0.2, -0.15) is 0 Å². The zero-order chi connectivity index (χ0) is 24.9. The molecule has 7 heteroatoms. The summed E-state index contributed by atoms with van der Waals surface area (Å²) in [6, 6.07) is 23.0. The molecule has 1 aliphatic carbocycles. The zero-order valence-electron chi connectivity index (χ0n) is 20.1. The van der Waals surface area contributed by atoms with Crippen molar-refractivity contribution in [1.82, 2.24) is 10.2 Å². The molecule has 0 aromatic heterocycles. The van der Waals surface area contributed by atoms with E-state index in [0.717, 1.165) is 45.9 Å². The Morgan fingerprint density at radius 2 is 1.75 bits per heavy atom. The summed E-state index contributed by atoms with van der Waals surface area (Å²) in [5, 5.41) is 2.87. The van der Waals surface area contributed by atoms with E-state index in [2.05, 4.69) is 11.4 Å². The average molecular weight is 498 g/mol. The molecule has 6 nitrogen and oxygen atoms in total. The first kappa shape index (κ1) is 22.9. The number of urea groups is 1. The van der Waals surface area contributed by atoms with Crippen LogP contribution in [0.4, 0.5) is 10.5 Å². The molecule has 6 rings (SSSR count). The molecule has 3 aromatic rings. The molecule has 2 unspecified atom stereocenters. The molecule has 0 spiro atoms. The predicted molar refractivity (Wildman–Crippen MR) is 140 cm³/mol. The van der Waals surface area contributed by atoms with Crippen molar-refractivity contribution >= 4 is 35.3 Å². The van der Waals surface area contributed by atoms with Crippen LogP contribution in [0.3, 0.4) is 0 Å². The molecular formula is C29H27N3O3S. The smallest absolute Gasteiger partial charge is 0.319 e. The lowest BCUT2D eigenvalue weighted by atomic mass is 9.89. The number of thioether (sulfide) groups is 1. The summed E-state index contributed by atoms with van der Waals surface area (Å²) in [5.41, 5.74) is 3.94. The van der Waals surface area contributed by atoms with Gasteiger partial charge in [-0.3, -0.25) is 14.5 Å². The number of nitrogens with zero attached hydrogens (tertiary/aromatic N) is 2. The second kappa shape index (κ2) is 8.82. The van der Waals surface area contributed by atoms with Gasteiger partial charge in [0, 0.05) is 10.6 Å². The second-order valence-corrected chi connectivity index (χ2v) is 10.8. The lowest BCUT2D eigenvalue weighted by molar-refractivity contribution is -0.134. The average Bonchev–Trinajstić information content (AvgIpc) is 3.46. The van der Waals surface area contributed by atoms with Gasteiger partial charge in [-0.15, -0.1) is 11.8 Å². The quantitative estimate of drug-likeness (QED) is 0.525. The summed E-state index contributed by atoms with van der Waals surface area (Å²) in [6.07, 6.45) is 3.14. The van der Waals surface area contributed by atoms with Gasteiger partial charge >= 0.3 is 6.03 Å². The molecule has 4 amide bonds. The van der Waals surface area contributed by atoms with Crippen molar-refractivity contribution in [3.05, 3.63) is 95.1 Å². The third-order valence-corrected chi connectivity index (χ3v) is 8.67. The van der Waals surface area contributed by atoms with Crippen LogP contribution in [-0.4, -0.2) is 35.0 Å². The van der Waals surface area contributed by atoms with Crippen LogP contribution in [-0.2, 0) is 28.0 Å². The van der Waals surface area contributed by atoms with Crippen LogP contribution in [0.2, 0.25) is 0 Å². The molecule has 0 saturated carbocycles. The molecule has 36 heavy (non-hydrogen) atoms. The van der Waals surface area contributed by atoms with Crippen LogP contribution in [0.1, 0.15) is 41.6 Å². The highest BCUT2D eigenvalue weighted by Gasteiger charge is 2.50. The van der Waals surface area contributed by atoms with Crippen molar-refractivity contribution in [2.24, 2.45) is 0 Å². The van der Waals surface area contributed by atoms with Crippen LogP contribution in [0.5, 0.6) is 0 Å². The maximum Gasteiger partial charge on any atom is 0.325 e. The third-order valence-electron chi connectivity index (χ3n) is 7.53. The Kier molecular flexibility index (Phi) is 5.60. The number of hydrogen-bond donors (Lipinski definition) is 1. The van der Waals surface area contributed by atoms with Gasteiger partial charge in [0.2, 0.25) is 5.91 Å². The number of rotatable bonds is 4. The van der Waals surface area contributed by atoms with Crippen molar-refractivity contribution in [3.8, 4) is 0 Å². The maximum absolute atomic E-state index is 13.8. The summed E-state index contributed by atoms with van der Waals surface area (Å²) < 4.78 is 0. The first-order valence-electron chi connectivity index (χ1n) is 12.3. The van der Waals surface area contributed by atoms with Gasteiger partial charge in [0.05, 0.1) is 11.7 Å². The number of carbonyl (C=O) groups is 3. The molecule has 0 bridgehead atoms. The first-order valence-corrected chi connectivity index (χ1v) is 13.3. The minimum Gasteiger partial charge on any atom is -0.319 e. The Labute approximate surface area is 214 Å². The van der Waals surface area contributed by atoms with Crippen LogP contribution in [0, 0.1) is 0 Å². The van der Waals surface area contributed by atoms with E-state index >= 15 is 0 Å². The molecular weight excluding hydrogens is 470 g/mol. The van der Waals surface area contributed by atoms with Gasteiger partial charge < -0.3 is 10.2 Å².